The first kappa shape index (κ1) is 7.29. The van der Waals surface area contributed by atoms with E-state index in [2.05, 4.69) is 29.3 Å². The van der Waals surface area contributed by atoms with Gasteiger partial charge in [0.15, 0.2) is 0 Å². The molecule has 0 aromatic carbocycles. The number of pyridine rings is 1. The third-order valence-corrected chi connectivity index (χ3v) is 1.98. The van der Waals surface area contributed by atoms with Crippen LogP contribution >= 0.6 is 0 Å². The molecule has 0 saturated heterocycles. The van der Waals surface area contributed by atoms with E-state index in [1.54, 1.807) is 0 Å². The van der Waals surface area contributed by atoms with Crippen LogP contribution in [0, 0.1) is 0 Å². The van der Waals surface area contributed by atoms with Crippen molar-refractivity contribution in [2.75, 3.05) is 0 Å². The minimum atomic E-state index is 0.994. The van der Waals surface area contributed by atoms with Crippen LogP contribution in [0.15, 0.2) is 48.2 Å². The van der Waals surface area contributed by atoms with Crippen molar-refractivity contribution in [1.29, 1.82) is 0 Å². The fraction of sp³-hybridized carbons (Fsp3) is 0.182. The van der Waals surface area contributed by atoms with Gasteiger partial charge in [-0.15, -0.1) is 0 Å². The van der Waals surface area contributed by atoms with E-state index < -0.39 is 0 Å². The summed E-state index contributed by atoms with van der Waals surface area (Å²) in [6.45, 7) is 0. The first-order chi connectivity index (χ1) is 5.95. The minimum absolute atomic E-state index is 0.994. The summed E-state index contributed by atoms with van der Waals surface area (Å²) in [4.78, 5) is 4.27. The van der Waals surface area contributed by atoms with Gasteiger partial charge in [-0.2, -0.15) is 0 Å². The number of allylic oxidation sites excluding steroid dienone is 4. The molecule has 0 fully saturated rings. The van der Waals surface area contributed by atoms with Gasteiger partial charge in [0.2, 0.25) is 0 Å². The molecular formula is C11H11N. The molecule has 0 N–H and O–H groups in total. The van der Waals surface area contributed by atoms with Crippen molar-refractivity contribution in [2.24, 2.45) is 0 Å². The van der Waals surface area contributed by atoms with E-state index in [4.69, 9.17) is 0 Å². The van der Waals surface area contributed by atoms with Crippen molar-refractivity contribution in [3.63, 3.8) is 0 Å². The van der Waals surface area contributed by atoms with Crippen molar-refractivity contribution < 1.29 is 0 Å². The molecule has 0 bridgehead atoms. The van der Waals surface area contributed by atoms with E-state index >= 15 is 0 Å². The zero-order valence-electron chi connectivity index (χ0n) is 6.90. The molecule has 1 heteroatoms. The molecule has 1 aromatic rings. The first-order valence-corrected chi connectivity index (χ1v) is 4.19. The van der Waals surface area contributed by atoms with Crippen molar-refractivity contribution in [1.82, 2.24) is 4.98 Å². The predicted octanol–water partition coefficient (Wildman–Crippen LogP) is 2.51. The maximum absolute atomic E-state index is 4.27. The average molecular weight is 157 g/mol. The Labute approximate surface area is 72.5 Å². The van der Waals surface area contributed by atoms with E-state index in [-0.39, 0.29) is 0 Å². The molecule has 12 heavy (non-hydrogen) atoms. The SMILES string of the molecule is C1=CCC(Cc2ccccn2)=C1. The average Bonchev–Trinajstić information content (AvgIpc) is 2.59. The molecule has 0 saturated carbocycles. The molecule has 60 valence electrons. The zero-order chi connectivity index (χ0) is 8.23. The van der Waals surface area contributed by atoms with Crippen LogP contribution in [0.4, 0.5) is 0 Å². The van der Waals surface area contributed by atoms with Gasteiger partial charge in [0, 0.05) is 18.3 Å². The maximum Gasteiger partial charge on any atom is 0.0444 e. The van der Waals surface area contributed by atoms with Crippen LogP contribution in [0.1, 0.15) is 12.1 Å². The lowest BCUT2D eigenvalue weighted by atomic mass is 10.1. The van der Waals surface area contributed by atoms with Gasteiger partial charge in [0.1, 0.15) is 0 Å². The molecule has 1 aliphatic carbocycles. The summed E-state index contributed by atoms with van der Waals surface area (Å²) >= 11 is 0. The van der Waals surface area contributed by atoms with Gasteiger partial charge in [-0.1, -0.05) is 29.9 Å². The molecule has 2 rings (SSSR count). The van der Waals surface area contributed by atoms with E-state index in [0.717, 1.165) is 18.5 Å². The molecule has 0 amide bonds. The number of hydrogen-bond donors (Lipinski definition) is 0. The second-order valence-corrected chi connectivity index (χ2v) is 2.96. The Kier molecular flexibility index (Phi) is 2.04. The van der Waals surface area contributed by atoms with Crippen LogP contribution in [0.5, 0.6) is 0 Å². The van der Waals surface area contributed by atoms with E-state index in [9.17, 15) is 0 Å². The molecular weight excluding hydrogens is 146 g/mol. The van der Waals surface area contributed by atoms with Gasteiger partial charge in [0.25, 0.3) is 0 Å². The Morgan fingerprint density at radius 2 is 2.33 bits per heavy atom. The quantitative estimate of drug-likeness (QED) is 0.642. The van der Waals surface area contributed by atoms with Gasteiger partial charge in [-0.25, -0.2) is 0 Å². The third-order valence-electron chi connectivity index (χ3n) is 1.98. The minimum Gasteiger partial charge on any atom is -0.261 e. The van der Waals surface area contributed by atoms with Gasteiger partial charge < -0.3 is 0 Å². The summed E-state index contributed by atoms with van der Waals surface area (Å²) < 4.78 is 0. The normalized spacial score (nSPS) is 14.8. The van der Waals surface area contributed by atoms with Gasteiger partial charge >= 0.3 is 0 Å². The van der Waals surface area contributed by atoms with Crippen molar-refractivity contribution in [2.45, 2.75) is 12.8 Å². The smallest absolute Gasteiger partial charge is 0.0444 e. The summed E-state index contributed by atoms with van der Waals surface area (Å²) in [5, 5.41) is 0. The molecule has 0 spiro atoms. The second-order valence-electron chi connectivity index (χ2n) is 2.96. The van der Waals surface area contributed by atoms with E-state index in [1.807, 2.05) is 18.3 Å². The summed E-state index contributed by atoms with van der Waals surface area (Å²) in [7, 11) is 0. The Morgan fingerprint density at radius 3 is 3.00 bits per heavy atom. The Hall–Kier alpha value is -1.37. The molecule has 0 aliphatic heterocycles. The Balaban J connectivity index is 2.05. The maximum atomic E-state index is 4.27. The Bertz CT molecular complexity index is 309. The molecule has 1 aliphatic rings. The number of aromatic nitrogens is 1. The topological polar surface area (TPSA) is 12.9 Å². The lowest BCUT2D eigenvalue weighted by molar-refractivity contribution is 1.02. The van der Waals surface area contributed by atoms with Crippen LogP contribution < -0.4 is 0 Å². The van der Waals surface area contributed by atoms with Crippen molar-refractivity contribution >= 4 is 0 Å². The lowest BCUT2D eigenvalue weighted by Crippen LogP contribution is -1.90. The molecule has 0 radical (unpaired) electrons. The van der Waals surface area contributed by atoms with Gasteiger partial charge in [-0.3, -0.25) is 4.98 Å². The number of rotatable bonds is 2. The molecule has 1 aromatic heterocycles. The first-order valence-electron chi connectivity index (χ1n) is 4.19. The van der Waals surface area contributed by atoms with E-state index in [0.29, 0.717) is 0 Å². The van der Waals surface area contributed by atoms with Crippen LogP contribution in [0.3, 0.4) is 0 Å². The van der Waals surface area contributed by atoms with Gasteiger partial charge in [0.05, 0.1) is 0 Å². The summed E-state index contributed by atoms with van der Waals surface area (Å²) in [6.07, 6.45) is 10.4. The molecule has 0 unspecified atom stereocenters. The fourth-order valence-electron chi connectivity index (χ4n) is 1.36. The van der Waals surface area contributed by atoms with Gasteiger partial charge in [-0.05, 0) is 18.6 Å². The highest BCUT2D eigenvalue weighted by molar-refractivity contribution is 5.26. The molecule has 1 nitrogen and oxygen atoms in total. The summed E-state index contributed by atoms with van der Waals surface area (Å²) in [5.74, 6) is 0. The van der Waals surface area contributed by atoms with E-state index in [1.165, 1.54) is 5.57 Å². The summed E-state index contributed by atoms with van der Waals surface area (Å²) in [6, 6.07) is 6.05. The number of hydrogen-bond acceptors (Lipinski definition) is 1. The van der Waals surface area contributed by atoms with Crippen molar-refractivity contribution in [3.8, 4) is 0 Å². The second kappa shape index (κ2) is 3.35. The Morgan fingerprint density at radius 1 is 1.33 bits per heavy atom. The highest BCUT2D eigenvalue weighted by atomic mass is 14.7. The number of nitrogens with zero attached hydrogens (tertiary/aromatic N) is 1. The van der Waals surface area contributed by atoms with Crippen molar-refractivity contribution in [3.05, 3.63) is 53.9 Å². The molecule has 0 atom stereocenters. The summed E-state index contributed by atoms with van der Waals surface area (Å²) in [5.41, 5.74) is 2.61. The third kappa shape index (κ3) is 1.62. The lowest BCUT2D eigenvalue weighted by Gasteiger charge is -1.99. The molecule has 1 heterocycles. The van der Waals surface area contributed by atoms with Crippen LogP contribution in [-0.4, -0.2) is 4.98 Å². The predicted molar refractivity (Wildman–Crippen MR) is 49.8 cm³/mol. The monoisotopic (exact) mass is 157 g/mol. The van der Waals surface area contributed by atoms with Crippen LogP contribution in [-0.2, 0) is 6.42 Å². The fourth-order valence-corrected chi connectivity index (χ4v) is 1.36. The zero-order valence-corrected chi connectivity index (χ0v) is 6.90. The largest absolute Gasteiger partial charge is 0.261 e. The standard InChI is InChI=1S/C11H11N/c1-2-6-10(5-1)9-11-7-3-4-8-12-11/h1-5,7-8H,6,9H2. The highest BCUT2D eigenvalue weighted by Crippen LogP contribution is 2.14. The highest BCUT2D eigenvalue weighted by Gasteiger charge is 2.00. The van der Waals surface area contributed by atoms with Crippen LogP contribution in [0.2, 0.25) is 0 Å². The van der Waals surface area contributed by atoms with Crippen LogP contribution in [0.25, 0.3) is 0 Å².